The summed E-state index contributed by atoms with van der Waals surface area (Å²) in [5.74, 6) is 2.15. The summed E-state index contributed by atoms with van der Waals surface area (Å²) in [6.07, 6.45) is 5.73. The zero-order chi connectivity index (χ0) is 11.8. The molecule has 1 rings (SSSR count). The molecule has 16 heavy (non-hydrogen) atoms. The fraction of sp³-hybridized carbons (Fsp3) is 0.308. The van der Waals surface area contributed by atoms with Gasteiger partial charge in [-0.2, -0.15) is 0 Å². The van der Waals surface area contributed by atoms with Crippen molar-refractivity contribution in [1.82, 2.24) is 5.32 Å². The number of carbonyl (C=O) groups is 1. The van der Waals surface area contributed by atoms with Gasteiger partial charge in [0, 0.05) is 0 Å². The van der Waals surface area contributed by atoms with E-state index < -0.39 is 0 Å². The Labute approximate surface area is 95.8 Å². The van der Waals surface area contributed by atoms with Crippen molar-refractivity contribution in [3.05, 3.63) is 35.9 Å². The number of rotatable bonds is 5. The molecule has 0 saturated carbocycles. The Morgan fingerprint density at radius 1 is 1.50 bits per heavy atom. The highest BCUT2D eigenvalue weighted by Gasteiger charge is 2.18. The predicted octanol–water partition coefficient (Wildman–Crippen LogP) is 0.993. The number of carbonyl (C=O) groups excluding carboxylic acids is 1. The summed E-state index contributed by atoms with van der Waals surface area (Å²) in [4.78, 5) is 11.5. The quantitative estimate of drug-likeness (QED) is 0.590. The number of ether oxygens (including phenoxy) is 1. The molecule has 0 spiro atoms. The number of terminal acetylenes is 1. The number of hydrogen-bond donors (Lipinski definition) is 1. The molecule has 1 aromatic carbocycles. The van der Waals surface area contributed by atoms with Gasteiger partial charge in [0.2, 0.25) is 0 Å². The van der Waals surface area contributed by atoms with E-state index in [2.05, 4.69) is 11.2 Å². The lowest BCUT2D eigenvalue weighted by molar-refractivity contribution is -0.143. The van der Waals surface area contributed by atoms with Crippen molar-refractivity contribution < 1.29 is 9.53 Å². The molecule has 0 fully saturated rings. The van der Waals surface area contributed by atoms with Crippen LogP contribution in [0.5, 0.6) is 0 Å². The lowest BCUT2D eigenvalue weighted by Gasteiger charge is -2.14. The van der Waals surface area contributed by atoms with Crippen LogP contribution in [0, 0.1) is 12.3 Å². The molecule has 0 aliphatic carbocycles. The second-order valence-corrected chi connectivity index (χ2v) is 3.35. The SMILES string of the molecule is C#CCNC(Cc1ccccc1)C(=O)OC. The van der Waals surface area contributed by atoms with Gasteiger partial charge in [-0.05, 0) is 12.0 Å². The van der Waals surface area contributed by atoms with Crippen LogP contribution in [0.3, 0.4) is 0 Å². The molecule has 0 heterocycles. The van der Waals surface area contributed by atoms with Crippen LogP contribution < -0.4 is 5.32 Å². The van der Waals surface area contributed by atoms with Gasteiger partial charge in [0.25, 0.3) is 0 Å². The fourth-order valence-corrected chi connectivity index (χ4v) is 1.41. The molecule has 1 aromatic rings. The summed E-state index contributed by atoms with van der Waals surface area (Å²) in [7, 11) is 1.37. The van der Waals surface area contributed by atoms with Gasteiger partial charge in [-0.1, -0.05) is 36.3 Å². The third kappa shape index (κ3) is 3.76. The van der Waals surface area contributed by atoms with Crippen molar-refractivity contribution in [2.75, 3.05) is 13.7 Å². The first-order valence-corrected chi connectivity index (χ1v) is 5.06. The average molecular weight is 217 g/mol. The molecule has 3 heteroatoms. The topological polar surface area (TPSA) is 38.3 Å². The van der Waals surface area contributed by atoms with Crippen LogP contribution in [0.1, 0.15) is 5.56 Å². The van der Waals surface area contributed by atoms with Crippen LogP contribution in [0.15, 0.2) is 30.3 Å². The fourth-order valence-electron chi connectivity index (χ4n) is 1.41. The Hall–Kier alpha value is -1.79. The molecule has 0 aliphatic heterocycles. The van der Waals surface area contributed by atoms with Gasteiger partial charge in [-0.25, -0.2) is 0 Å². The molecule has 1 unspecified atom stereocenters. The zero-order valence-electron chi connectivity index (χ0n) is 9.27. The molecule has 1 atom stereocenters. The first-order chi connectivity index (χ1) is 7.77. The van der Waals surface area contributed by atoms with Crippen molar-refractivity contribution in [3.8, 4) is 12.3 Å². The minimum atomic E-state index is -0.386. The van der Waals surface area contributed by atoms with Gasteiger partial charge in [-0.3, -0.25) is 10.1 Å². The monoisotopic (exact) mass is 217 g/mol. The molecule has 1 N–H and O–H groups in total. The number of hydrogen-bond acceptors (Lipinski definition) is 3. The van der Waals surface area contributed by atoms with E-state index >= 15 is 0 Å². The Morgan fingerprint density at radius 2 is 2.19 bits per heavy atom. The maximum Gasteiger partial charge on any atom is 0.323 e. The van der Waals surface area contributed by atoms with Crippen molar-refractivity contribution in [1.29, 1.82) is 0 Å². The van der Waals surface area contributed by atoms with E-state index in [0.29, 0.717) is 13.0 Å². The maximum atomic E-state index is 11.5. The average Bonchev–Trinajstić information content (AvgIpc) is 2.34. The lowest BCUT2D eigenvalue weighted by atomic mass is 10.1. The molecule has 0 saturated heterocycles. The van der Waals surface area contributed by atoms with E-state index in [1.165, 1.54) is 7.11 Å². The Balaban J connectivity index is 2.64. The second-order valence-electron chi connectivity index (χ2n) is 3.35. The van der Waals surface area contributed by atoms with Gasteiger partial charge in [0.1, 0.15) is 6.04 Å². The van der Waals surface area contributed by atoms with Gasteiger partial charge in [-0.15, -0.1) is 6.42 Å². The third-order valence-electron chi connectivity index (χ3n) is 2.22. The molecule has 0 aliphatic rings. The Morgan fingerprint density at radius 3 is 2.75 bits per heavy atom. The van der Waals surface area contributed by atoms with E-state index in [1.807, 2.05) is 30.3 Å². The zero-order valence-corrected chi connectivity index (χ0v) is 9.27. The number of benzene rings is 1. The highest BCUT2D eigenvalue weighted by molar-refractivity contribution is 5.76. The molecule has 84 valence electrons. The largest absolute Gasteiger partial charge is 0.468 e. The Kier molecular flexibility index (Phi) is 5.10. The minimum Gasteiger partial charge on any atom is -0.468 e. The molecule has 0 aromatic heterocycles. The Bertz CT molecular complexity index is 367. The van der Waals surface area contributed by atoms with Crippen molar-refractivity contribution >= 4 is 5.97 Å². The van der Waals surface area contributed by atoms with E-state index in [9.17, 15) is 4.79 Å². The van der Waals surface area contributed by atoms with Crippen LogP contribution in [0.4, 0.5) is 0 Å². The van der Waals surface area contributed by atoms with Crippen LogP contribution in [-0.4, -0.2) is 25.7 Å². The first kappa shape index (κ1) is 12.3. The summed E-state index contributed by atoms with van der Waals surface area (Å²) in [5, 5.41) is 2.96. The number of nitrogens with one attached hydrogen (secondary N) is 1. The van der Waals surface area contributed by atoms with Crippen LogP contribution >= 0.6 is 0 Å². The molecular weight excluding hydrogens is 202 g/mol. The molecule has 3 nitrogen and oxygen atoms in total. The van der Waals surface area contributed by atoms with Crippen LogP contribution in [0.25, 0.3) is 0 Å². The van der Waals surface area contributed by atoms with Gasteiger partial charge in [0.05, 0.1) is 13.7 Å². The minimum absolute atomic E-state index is 0.292. The first-order valence-electron chi connectivity index (χ1n) is 5.06. The van der Waals surface area contributed by atoms with Crippen molar-refractivity contribution in [2.45, 2.75) is 12.5 Å². The molecule has 0 amide bonds. The van der Waals surface area contributed by atoms with Gasteiger partial charge in [0.15, 0.2) is 0 Å². The number of methoxy groups -OCH3 is 1. The van der Waals surface area contributed by atoms with E-state index in [-0.39, 0.29) is 12.0 Å². The summed E-state index contributed by atoms with van der Waals surface area (Å²) < 4.78 is 4.71. The van der Waals surface area contributed by atoms with Crippen molar-refractivity contribution in [2.24, 2.45) is 0 Å². The van der Waals surface area contributed by atoms with Gasteiger partial charge >= 0.3 is 5.97 Å². The second kappa shape index (κ2) is 6.65. The summed E-state index contributed by atoms with van der Waals surface area (Å²) in [5.41, 5.74) is 1.07. The van der Waals surface area contributed by atoms with E-state index in [0.717, 1.165) is 5.56 Å². The summed E-state index contributed by atoms with van der Waals surface area (Å²) >= 11 is 0. The lowest BCUT2D eigenvalue weighted by Crippen LogP contribution is -2.39. The van der Waals surface area contributed by atoms with E-state index in [1.54, 1.807) is 0 Å². The number of esters is 1. The normalized spacial score (nSPS) is 11.5. The maximum absolute atomic E-state index is 11.5. The third-order valence-corrected chi connectivity index (χ3v) is 2.22. The van der Waals surface area contributed by atoms with Crippen molar-refractivity contribution in [3.63, 3.8) is 0 Å². The smallest absolute Gasteiger partial charge is 0.323 e. The standard InChI is InChI=1S/C13H15NO2/c1-3-9-14-12(13(15)16-2)10-11-7-5-4-6-8-11/h1,4-8,12,14H,9-10H2,2H3. The van der Waals surface area contributed by atoms with Crippen LogP contribution in [-0.2, 0) is 16.0 Å². The molecular formula is C13H15NO2. The predicted molar refractivity (Wildman–Crippen MR) is 62.8 cm³/mol. The summed E-state index contributed by atoms with van der Waals surface area (Å²) in [6, 6.07) is 9.35. The van der Waals surface area contributed by atoms with E-state index in [4.69, 9.17) is 11.2 Å². The van der Waals surface area contributed by atoms with Gasteiger partial charge < -0.3 is 4.74 Å². The molecule has 0 radical (unpaired) electrons. The highest BCUT2D eigenvalue weighted by Crippen LogP contribution is 2.04. The molecule has 0 bridgehead atoms. The van der Waals surface area contributed by atoms with Crippen LogP contribution in [0.2, 0.25) is 0 Å². The summed E-state index contributed by atoms with van der Waals surface area (Å²) in [6.45, 7) is 0.354. The highest BCUT2D eigenvalue weighted by atomic mass is 16.5.